The fourth-order valence-electron chi connectivity index (χ4n) is 3.11. The molecule has 3 nitrogen and oxygen atoms in total. The number of hydrogen-bond donors (Lipinski definition) is 1. The lowest BCUT2D eigenvalue weighted by molar-refractivity contribution is 0.0663. The quantitative estimate of drug-likeness (QED) is 0.924. The molecule has 1 aliphatic heterocycles. The monoisotopic (exact) mass is 281 g/mol. The van der Waals surface area contributed by atoms with Crippen LogP contribution in [0.5, 0.6) is 0 Å². The molecular formula is C18H19NO2. The van der Waals surface area contributed by atoms with E-state index in [1.54, 1.807) is 0 Å². The van der Waals surface area contributed by atoms with Crippen molar-refractivity contribution in [3.8, 4) is 0 Å². The maximum absolute atomic E-state index is 12.0. The summed E-state index contributed by atoms with van der Waals surface area (Å²) in [7, 11) is 0. The summed E-state index contributed by atoms with van der Waals surface area (Å²) < 4.78 is 5.84. The van der Waals surface area contributed by atoms with Crippen LogP contribution in [0.4, 0.5) is 4.79 Å². The molecule has 0 spiro atoms. The summed E-state index contributed by atoms with van der Waals surface area (Å²) in [6.07, 6.45) is 1.51. The molecule has 0 radical (unpaired) electrons. The molecule has 1 amide bonds. The van der Waals surface area contributed by atoms with Gasteiger partial charge in [-0.2, -0.15) is 0 Å². The first-order valence-corrected chi connectivity index (χ1v) is 7.38. The Morgan fingerprint density at radius 1 is 1.00 bits per heavy atom. The number of alkyl carbamates (subject to hydrolysis) is 1. The molecule has 0 aromatic heterocycles. The van der Waals surface area contributed by atoms with Crippen molar-refractivity contribution >= 4 is 6.09 Å². The summed E-state index contributed by atoms with van der Waals surface area (Å²) in [5, 5.41) is 2.98. The summed E-state index contributed by atoms with van der Waals surface area (Å²) >= 11 is 0. The molecule has 0 aliphatic carbocycles. The lowest BCUT2D eigenvalue weighted by Gasteiger charge is -2.33. The second kappa shape index (κ2) is 5.60. The summed E-state index contributed by atoms with van der Waals surface area (Å²) in [6.45, 7) is 2.12. The van der Waals surface area contributed by atoms with Crippen LogP contribution in [0, 0.1) is 0 Å². The summed E-state index contributed by atoms with van der Waals surface area (Å²) in [6, 6.07) is 19.9. The van der Waals surface area contributed by atoms with E-state index in [2.05, 4.69) is 12.2 Å². The van der Waals surface area contributed by atoms with Crippen LogP contribution >= 0.6 is 0 Å². The fraction of sp³-hybridized carbons (Fsp3) is 0.278. The maximum atomic E-state index is 12.0. The van der Waals surface area contributed by atoms with Gasteiger partial charge in [-0.05, 0) is 6.42 Å². The third-order valence-corrected chi connectivity index (χ3v) is 4.02. The van der Waals surface area contributed by atoms with Crippen molar-refractivity contribution in [1.82, 2.24) is 5.32 Å². The number of amides is 1. The second-order valence-electron chi connectivity index (χ2n) is 5.34. The van der Waals surface area contributed by atoms with Crippen LogP contribution in [-0.2, 0) is 10.3 Å². The highest BCUT2D eigenvalue weighted by atomic mass is 16.6. The molecule has 1 heterocycles. The largest absolute Gasteiger partial charge is 0.431 e. The first-order chi connectivity index (χ1) is 10.3. The van der Waals surface area contributed by atoms with Gasteiger partial charge in [0.15, 0.2) is 5.60 Å². The topological polar surface area (TPSA) is 38.3 Å². The number of carbonyl (C=O) groups excluding carboxylic acids is 1. The zero-order chi connectivity index (χ0) is 14.7. The Morgan fingerprint density at radius 3 is 2.00 bits per heavy atom. The normalized spacial score (nSPS) is 19.9. The van der Waals surface area contributed by atoms with Crippen molar-refractivity contribution in [2.45, 2.75) is 31.4 Å². The molecule has 1 atom stereocenters. The van der Waals surface area contributed by atoms with Crippen molar-refractivity contribution < 1.29 is 9.53 Å². The molecule has 1 saturated heterocycles. The molecule has 0 saturated carbocycles. The Morgan fingerprint density at radius 2 is 1.52 bits per heavy atom. The Balaban J connectivity index is 2.18. The van der Waals surface area contributed by atoms with Gasteiger partial charge in [0.2, 0.25) is 0 Å². The molecule has 2 aromatic rings. The number of hydrogen-bond acceptors (Lipinski definition) is 2. The summed E-state index contributed by atoms with van der Waals surface area (Å²) in [4.78, 5) is 12.0. The van der Waals surface area contributed by atoms with Crippen LogP contribution in [0.3, 0.4) is 0 Å². The number of rotatable bonds is 4. The van der Waals surface area contributed by atoms with E-state index in [9.17, 15) is 4.79 Å². The van der Waals surface area contributed by atoms with Crippen LogP contribution in [0.25, 0.3) is 0 Å². The summed E-state index contributed by atoms with van der Waals surface area (Å²) in [5.74, 6) is 0. The zero-order valence-electron chi connectivity index (χ0n) is 12.1. The minimum absolute atomic E-state index is 0.0557. The van der Waals surface area contributed by atoms with Gasteiger partial charge < -0.3 is 10.1 Å². The van der Waals surface area contributed by atoms with Crippen LogP contribution < -0.4 is 5.32 Å². The Kier molecular flexibility index (Phi) is 3.65. The van der Waals surface area contributed by atoms with Gasteiger partial charge in [-0.25, -0.2) is 4.79 Å². The van der Waals surface area contributed by atoms with Crippen LogP contribution in [0.1, 0.15) is 30.9 Å². The molecule has 108 valence electrons. The first kappa shape index (κ1) is 13.7. The predicted octanol–water partition coefficient (Wildman–Crippen LogP) is 3.84. The lowest BCUT2D eigenvalue weighted by Crippen LogP contribution is -2.42. The number of cyclic esters (lactones) is 1. The molecule has 0 unspecified atom stereocenters. The molecule has 0 bridgehead atoms. The van der Waals surface area contributed by atoms with E-state index in [0.29, 0.717) is 0 Å². The van der Waals surface area contributed by atoms with Gasteiger partial charge in [-0.3, -0.25) is 0 Å². The minimum Gasteiger partial charge on any atom is -0.431 e. The highest BCUT2D eigenvalue weighted by Crippen LogP contribution is 2.41. The van der Waals surface area contributed by atoms with E-state index in [-0.39, 0.29) is 12.1 Å². The van der Waals surface area contributed by atoms with Crippen molar-refractivity contribution in [2.75, 3.05) is 0 Å². The first-order valence-electron chi connectivity index (χ1n) is 7.38. The van der Waals surface area contributed by atoms with E-state index < -0.39 is 5.60 Å². The molecule has 3 heteroatoms. The van der Waals surface area contributed by atoms with Gasteiger partial charge in [0.25, 0.3) is 0 Å². The molecular weight excluding hydrogens is 262 g/mol. The molecule has 1 fully saturated rings. The summed E-state index contributed by atoms with van der Waals surface area (Å²) in [5.41, 5.74) is 1.27. The van der Waals surface area contributed by atoms with Gasteiger partial charge in [-0.1, -0.05) is 74.0 Å². The number of nitrogens with one attached hydrogen (secondary N) is 1. The average molecular weight is 281 g/mol. The van der Waals surface area contributed by atoms with Crippen LogP contribution in [0.15, 0.2) is 60.7 Å². The predicted molar refractivity (Wildman–Crippen MR) is 82.0 cm³/mol. The van der Waals surface area contributed by atoms with Crippen LogP contribution in [-0.4, -0.2) is 12.1 Å². The van der Waals surface area contributed by atoms with Crippen LogP contribution in [0.2, 0.25) is 0 Å². The van der Waals surface area contributed by atoms with Crippen molar-refractivity contribution in [3.05, 3.63) is 71.8 Å². The van der Waals surface area contributed by atoms with E-state index >= 15 is 0 Å². The van der Waals surface area contributed by atoms with Gasteiger partial charge >= 0.3 is 6.09 Å². The second-order valence-corrected chi connectivity index (χ2v) is 5.34. The minimum atomic E-state index is -0.740. The molecule has 1 aliphatic rings. The van der Waals surface area contributed by atoms with Gasteiger partial charge in [0.05, 0.1) is 6.04 Å². The fourth-order valence-corrected chi connectivity index (χ4v) is 3.11. The zero-order valence-corrected chi connectivity index (χ0v) is 12.1. The Bertz CT molecular complexity index is 570. The lowest BCUT2D eigenvalue weighted by atomic mass is 9.79. The highest BCUT2D eigenvalue weighted by Gasteiger charge is 2.51. The Hall–Kier alpha value is -2.29. The van der Waals surface area contributed by atoms with E-state index in [1.165, 1.54) is 0 Å². The van der Waals surface area contributed by atoms with Crippen molar-refractivity contribution in [1.29, 1.82) is 0 Å². The van der Waals surface area contributed by atoms with Gasteiger partial charge in [0, 0.05) is 11.1 Å². The van der Waals surface area contributed by atoms with E-state index in [4.69, 9.17) is 4.74 Å². The molecule has 3 rings (SSSR count). The molecule has 21 heavy (non-hydrogen) atoms. The standard InChI is InChI=1S/C18H19NO2/c1-2-9-16-18(21-17(20)19-16,14-10-5-3-6-11-14)15-12-7-4-8-13-15/h3-8,10-13,16H,2,9H2,1H3,(H,19,20)/t16-/m1/s1. The Labute approximate surface area is 124 Å². The van der Waals surface area contributed by atoms with Crippen molar-refractivity contribution in [2.24, 2.45) is 0 Å². The molecule has 1 N–H and O–H groups in total. The van der Waals surface area contributed by atoms with Crippen molar-refractivity contribution in [3.63, 3.8) is 0 Å². The average Bonchev–Trinajstić information content (AvgIpc) is 2.87. The highest BCUT2D eigenvalue weighted by molar-refractivity contribution is 5.73. The van der Waals surface area contributed by atoms with Gasteiger partial charge in [-0.15, -0.1) is 0 Å². The van der Waals surface area contributed by atoms with E-state index in [1.807, 2.05) is 60.7 Å². The van der Waals surface area contributed by atoms with E-state index in [0.717, 1.165) is 24.0 Å². The smallest absolute Gasteiger partial charge is 0.408 e. The number of carbonyl (C=O) groups is 1. The van der Waals surface area contributed by atoms with Gasteiger partial charge in [0.1, 0.15) is 0 Å². The third-order valence-electron chi connectivity index (χ3n) is 4.02. The number of ether oxygens (including phenoxy) is 1. The SMILES string of the molecule is CCC[C@H]1NC(=O)OC1(c1ccccc1)c1ccccc1. The molecule has 2 aromatic carbocycles. The number of benzene rings is 2. The maximum Gasteiger partial charge on any atom is 0.408 e. The third kappa shape index (κ3) is 2.29.